The predicted octanol–water partition coefficient (Wildman–Crippen LogP) is 2.03. The average Bonchev–Trinajstić information content (AvgIpc) is 2.72. The number of hydrogen-bond acceptors (Lipinski definition) is 4. The molecule has 3 rings (SSSR count). The summed E-state index contributed by atoms with van der Waals surface area (Å²) in [5.41, 5.74) is 0.797. The monoisotopic (exact) mass is 395 g/mol. The standard InChI is InChI=1S/C22H25N3O4/c1-4-24-21(27)18-7-5-6-8-19(18)25(22(24)28)15-20(26)23(3)13-14-29-17-11-9-16(2)10-12-17/h5-12H,4,13-15H2,1-3H3. The van der Waals surface area contributed by atoms with Gasteiger partial charge < -0.3 is 9.64 Å². The molecule has 0 saturated heterocycles. The molecule has 7 heteroatoms. The summed E-state index contributed by atoms with van der Waals surface area (Å²) >= 11 is 0. The first-order valence-corrected chi connectivity index (χ1v) is 9.58. The molecule has 0 saturated carbocycles. The van der Waals surface area contributed by atoms with Crippen molar-refractivity contribution in [1.82, 2.24) is 14.0 Å². The van der Waals surface area contributed by atoms with Crippen LogP contribution < -0.4 is 16.0 Å². The molecule has 0 fully saturated rings. The second-order valence-electron chi connectivity index (χ2n) is 6.91. The number of benzene rings is 2. The smallest absolute Gasteiger partial charge is 0.331 e. The fraction of sp³-hybridized carbons (Fsp3) is 0.318. The van der Waals surface area contributed by atoms with Gasteiger partial charge >= 0.3 is 5.69 Å². The summed E-state index contributed by atoms with van der Waals surface area (Å²) in [4.78, 5) is 39.5. The number of ether oxygens (including phenoxy) is 1. The molecule has 3 aromatic rings. The normalized spacial score (nSPS) is 10.9. The van der Waals surface area contributed by atoms with Crippen LogP contribution in [-0.2, 0) is 17.9 Å². The summed E-state index contributed by atoms with van der Waals surface area (Å²) in [6, 6.07) is 14.5. The highest BCUT2D eigenvalue weighted by atomic mass is 16.5. The highest BCUT2D eigenvalue weighted by molar-refractivity contribution is 5.81. The third kappa shape index (κ3) is 4.39. The van der Waals surface area contributed by atoms with Crippen molar-refractivity contribution in [3.63, 3.8) is 0 Å². The summed E-state index contributed by atoms with van der Waals surface area (Å²) < 4.78 is 8.18. The SMILES string of the molecule is CCn1c(=O)c2ccccc2n(CC(=O)N(C)CCOc2ccc(C)cc2)c1=O. The molecule has 0 atom stereocenters. The van der Waals surface area contributed by atoms with E-state index in [9.17, 15) is 14.4 Å². The van der Waals surface area contributed by atoms with Crippen LogP contribution in [0.5, 0.6) is 5.75 Å². The van der Waals surface area contributed by atoms with E-state index in [1.165, 1.54) is 9.47 Å². The fourth-order valence-corrected chi connectivity index (χ4v) is 3.12. The van der Waals surface area contributed by atoms with Crippen LogP contribution in [-0.4, -0.2) is 40.1 Å². The second-order valence-corrected chi connectivity index (χ2v) is 6.91. The number of rotatable bonds is 7. The predicted molar refractivity (Wildman–Crippen MR) is 112 cm³/mol. The fourth-order valence-electron chi connectivity index (χ4n) is 3.12. The first-order chi connectivity index (χ1) is 13.9. The van der Waals surface area contributed by atoms with Gasteiger partial charge in [0.2, 0.25) is 5.91 Å². The van der Waals surface area contributed by atoms with Gasteiger partial charge in [-0.15, -0.1) is 0 Å². The highest BCUT2D eigenvalue weighted by Gasteiger charge is 2.16. The van der Waals surface area contributed by atoms with Crippen LogP contribution in [0.3, 0.4) is 0 Å². The van der Waals surface area contributed by atoms with Crippen LogP contribution in [0.2, 0.25) is 0 Å². The average molecular weight is 395 g/mol. The number of para-hydroxylation sites is 1. The number of carbonyl (C=O) groups excluding carboxylic acids is 1. The lowest BCUT2D eigenvalue weighted by Gasteiger charge is -2.19. The van der Waals surface area contributed by atoms with Gasteiger partial charge in [0, 0.05) is 13.6 Å². The lowest BCUT2D eigenvalue weighted by molar-refractivity contribution is -0.130. The minimum atomic E-state index is -0.478. The number of fused-ring (bicyclic) bond motifs is 1. The zero-order chi connectivity index (χ0) is 21.0. The molecule has 0 radical (unpaired) electrons. The first kappa shape index (κ1) is 20.4. The molecule has 0 N–H and O–H groups in total. The van der Waals surface area contributed by atoms with Gasteiger partial charge in [-0.25, -0.2) is 4.79 Å². The number of aryl methyl sites for hydroxylation is 1. The minimum absolute atomic E-state index is 0.138. The summed E-state index contributed by atoms with van der Waals surface area (Å²) in [6.45, 7) is 4.57. The molecule has 152 valence electrons. The van der Waals surface area contributed by atoms with Crippen molar-refractivity contribution < 1.29 is 9.53 Å². The lowest BCUT2D eigenvalue weighted by Crippen LogP contribution is -2.43. The highest BCUT2D eigenvalue weighted by Crippen LogP contribution is 2.11. The van der Waals surface area contributed by atoms with Crippen molar-refractivity contribution in [3.05, 3.63) is 74.9 Å². The summed E-state index contributed by atoms with van der Waals surface area (Å²) in [5, 5.41) is 0.423. The molecule has 2 aromatic carbocycles. The molecule has 29 heavy (non-hydrogen) atoms. The number of likely N-dealkylation sites (N-methyl/N-ethyl adjacent to an activating group) is 1. The van der Waals surface area contributed by atoms with E-state index in [0.29, 0.717) is 24.1 Å². The van der Waals surface area contributed by atoms with E-state index in [4.69, 9.17) is 4.74 Å². The maximum Gasteiger partial charge on any atom is 0.331 e. The van der Waals surface area contributed by atoms with Crippen LogP contribution in [0.1, 0.15) is 12.5 Å². The Morgan fingerprint density at radius 1 is 1.03 bits per heavy atom. The van der Waals surface area contributed by atoms with E-state index in [2.05, 4.69) is 0 Å². The molecule has 0 spiro atoms. The van der Waals surface area contributed by atoms with E-state index in [1.807, 2.05) is 31.2 Å². The zero-order valence-corrected chi connectivity index (χ0v) is 16.9. The summed E-state index contributed by atoms with van der Waals surface area (Å²) in [6.07, 6.45) is 0. The zero-order valence-electron chi connectivity index (χ0n) is 16.9. The van der Waals surface area contributed by atoms with Crippen molar-refractivity contribution >= 4 is 16.8 Å². The number of nitrogens with zero attached hydrogens (tertiary/aromatic N) is 3. The van der Waals surface area contributed by atoms with Crippen LogP contribution in [0, 0.1) is 6.92 Å². The Bertz CT molecular complexity index is 1130. The topological polar surface area (TPSA) is 73.5 Å². The first-order valence-electron chi connectivity index (χ1n) is 9.58. The van der Waals surface area contributed by atoms with E-state index in [0.717, 1.165) is 15.9 Å². The van der Waals surface area contributed by atoms with Gasteiger partial charge in [0.25, 0.3) is 5.56 Å². The molecule has 1 amide bonds. The molecule has 1 heterocycles. The number of amides is 1. The minimum Gasteiger partial charge on any atom is -0.492 e. The molecular weight excluding hydrogens is 370 g/mol. The molecule has 0 aliphatic carbocycles. The van der Waals surface area contributed by atoms with Gasteiger partial charge in [0.15, 0.2) is 0 Å². The molecule has 0 aliphatic rings. The van der Waals surface area contributed by atoms with Gasteiger partial charge in [-0.05, 0) is 38.1 Å². The Balaban J connectivity index is 1.74. The molecule has 0 bridgehead atoms. The van der Waals surface area contributed by atoms with E-state index >= 15 is 0 Å². The van der Waals surface area contributed by atoms with Crippen LogP contribution in [0.4, 0.5) is 0 Å². The van der Waals surface area contributed by atoms with Gasteiger partial charge in [-0.1, -0.05) is 29.8 Å². The van der Waals surface area contributed by atoms with Crippen molar-refractivity contribution in [2.75, 3.05) is 20.2 Å². The van der Waals surface area contributed by atoms with Crippen molar-refractivity contribution in [1.29, 1.82) is 0 Å². The van der Waals surface area contributed by atoms with Crippen molar-refractivity contribution in [2.45, 2.75) is 26.9 Å². The maximum atomic E-state index is 12.7. The Hall–Kier alpha value is -3.35. The van der Waals surface area contributed by atoms with Crippen molar-refractivity contribution in [3.8, 4) is 5.75 Å². The van der Waals surface area contributed by atoms with E-state index < -0.39 is 5.69 Å². The Labute approximate surface area is 168 Å². The van der Waals surface area contributed by atoms with E-state index in [-0.39, 0.29) is 24.6 Å². The van der Waals surface area contributed by atoms with Crippen molar-refractivity contribution in [2.24, 2.45) is 0 Å². The molecule has 0 unspecified atom stereocenters. The van der Waals surface area contributed by atoms with Crippen LogP contribution in [0.25, 0.3) is 10.9 Å². The van der Waals surface area contributed by atoms with Gasteiger partial charge in [0.05, 0.1) is 17.4 Å². The second kappa shape index (κ2) is 8.77. The van der Waals surface area contributed by atoms with E-state index in [1.54, 1.807) is 38.2 Å². The van der Waals surface area contributed by atoms with Gasteiger partial charge in [0.1, 0.15) is 18.9 Å². The number of aromatic nitrogens is 2. The Morgan fingerprint density at radius 2 is 1.72 bits per heavy atom. The maximum absolute atomic E-state index is 12.7. The summed E-state index contributed by atoms with van der Waals surface area (Å²) in [5.74, 6) is 0.514. The molecule has 0 aliphatic heterocycles. The van der Waals surface area contributed by atoms with Gasteiger partial charge in [-0.2, -0.15) is 0 Å². The number of hydrogen-bond donors (Lipinski definition) is 0. The van der Waals surface area contributed by atoms with Crippen LogP contribution >= 0.6 is 0 Å². The van der Waals surface area contributed by atoms with Crippen LogP contribution in [0.15, 0.2) is 58.1 Å². The summed E-state index contributed by atoms with van der Waals surface area (Å²) in [7, 11) is 1.67. The Morgan fingerprint density at radius 3 is 2.41 bits per heavy atom. The number of carbonyl (C=O) groups is 1. The molecular formula is C22H25N3O4. The third-order valence-electron chi connectivity index (χ3n) is 4.88. The molecule has 1 aromatic heterocycles. The largest absolute Gasteiger partial charge is 0.492 e. The van der Waals surface area contributed by atoms with Gasteiger partial charge in [-0.3, -0.25) is 18.7 Å². The quantitative estimate of drug-likeness (QED) is 0.614. The Kier molecular flexibility index (Phi) is 6.16. The third-order valence-corrected chi connectivity index (χ3v) is 4.88. The lowest BCUT2D eigenvalue weighted by atomic mass is 10.2. The molecule has 7 nitrogen and oxygen atoms in total.